The summed E-state index contributed by atoms with van der Waals surface area (Å²) in [5.74, 6) is 0.529. The van der Waals surface area contributed by atoms with Gasteiger partial charge >= 0.3 is 0 Å². The molecule has 0 radical (unpaired) electrons. The fourth-order valence-corrected chi connectivity index (χ4v) is 3.28. The van der Waals surface area contributed by atoms with Gasteiger partial charge in [-0.15, -0.1) is 0 Å². The smallest absolute Gasteiger partial charge is 0.259 e. The first-order valence-corrected chi connectivity index (χ1v) is 9.33. The first kappa shape index (κ1) is 19.9. The van der Waals surface area contributed by atoms with Gasteiger partial charge < -0.3 is 20.3 Å². The number of carbonyl (C=O) groups is 2. The molecule has 150 valence electrons. The van der Waals surface area contributed by atoms with E-state index in [1.165, 1.54) is 4.90 Å². The van der Waals surface area contributed by atoms with Crippen LogP contribution in [-0.2, 0) is 23.2 Å². The van der Waals surface area contributed by atoms with Crippen molar-refractivity contribution in [2.24, 2.45) is 13.0 Å². The summed E-state index contributed by atoms with van der Waals surface area (Å²) >= 11 is 0. The van der Waals surface area contributed by atoms with E-state index in [9.17, 15) is 9.59 Å². The van der Waals surface area contributed by atoms with Crippen LogP contribution in [0.15, 0.2) is 36.7 Å². The summed E-state index contributed by atoms with van der Waals surface area (Å²) in [4.78, 5) is 25.9. The Morgan fingerprint density at radius 1 is 1.36 bits per heavy atom. The van der Waals surface area contributed by atoms with Gasteiger partial charge in [0, 0.05) is 52.9 Å². The maximum Gasteiger partial charge on any atom is 0.259 e. The second kappa shape index (κ2) is 8.88. The lowest BCUT2D eigenvalue weighted by atomic mass is 9.90. The van der Waals surface area contributed by atoms with E-state index >= 15 is 0 Å². The number of benzene rings is 1. The number of likely N-dealkylation sites (N-methyl/N-ethyl adjacent to an activating group) is 1. The molecule has 2 N–H and O–H groups in total. The highest BCUT2D eigenvalue weighted by Crippen LogP contribution is 2.28. The Balaban J connectivity index is 1.55. The van der Waals surface area contributed by atoms with Crippen molar-refractivity contribution in [3.8, 4) is 5.75 Å². The summed E-state index contributed by atoms with van der Waals surface area (Å²) in [7, 11) is 5.25. The molecule has 2 aromatic rings. The molecule has 1 aromatic carbocycles. The highest BCUT2D eigenvalue weighted by atomic mass is 16.5. The first-order valence-electron chi connectivity index (χ1n) is 9.33. The second-order valence-corrected chi connectivity index (χ2v) is 7.26. The number of carbonyl (C=O) groups excluding carboxylic acids is 2. The quantitative estimate of drug-likeness (QED) is 0.725. The molecule has 3 rings (SSSR count). The van der Waals surface area contributed by atoms with Gasteiger partial charge in [0.2, 0.25) is 5.91 Å². The Morgan fingerprint density at radius 3 is 2.89 bits per heavy atom. The van der Waals surface area contributed by atoms with E-state index in [0.717, 1.165) is 17.7 Å². The third-order valence-corrected chi connectivity index (χ3v) is 4.93. The molecule has 8 heteroatoms. The number of aromatic nitrogens is 2. The molecule has 0 aliphatic carbocycles. The van der Waals surface area contributed by atoms with Crippen LogP contribution in [0.4, 0.5) is 0 Å². The van der Waals surface area contributed by atoms with Gasteiger partial charge in [-0.1, -0.05) is 12.1 Å². The van der Waals surface area contributed by atoms with E-state index in [0.29, 0.717) is 18.8 Å². The van der Waals surface area contributed by atoms with E-state index in [-0.39, 0.29) is 30.3 Å². The molecule has 0 bridgehead atoms. The largest absolute Gasteiger partial charge is 0.484 e. The number of nitrogens with zero attached hydrogens (tertiary/aromatic N) is 3. The Bertz CT molecular complexity index is 833. The van der Waals surface area contributed by atoms with E-state index < -0.39 is 0 Å². The highest BCUT2D eigenvalue weighted by molar-refractivity contribution is 5.80. The molecule has 2 atom stereocenters. The zero-order valence-corrected chi connectivity index (χ0v) is 16.5. The van der Waals surface area contributed by atoms with Gasteiger partial charge in [0.1, 0.15) is 5.75 Å². The van der Waals surface area contributed by atoms with Crippen LogP contribution in [0.1, 0.15) is 17.0 Å². The Hall–Kier alpha value is -2.87. The topological polar surface area (TPSA) is 88.5 Å². The molecule has 28 heavy (non-hydrogen) atoms. The Kier molecular flexibility index (Phi) is 6.30. The molecular formula is C20H27N5O3. The standard InChI is InChI=1S/C20H27N5O3/c1-24(2)19(26)13-28-16-6-4-5-14(7-16)8-22-20(27)18-11-21-10-17(18)15-9-23-25(3)12-15/h4-7,9,12,17-18,21H,8,10-11,13H2,1-3H3,(H,22,27)/t17-,18+/m1/s1. The Morgan fingerprint density at radius 2 is 2.18 bits per heavy atom. The van der Waals surface area contributed by atoms with Gasteiger partial charge in [-0.05, 0) is 23.3 Å². The van der Waals surface area contributed by atoms with Gasteiger partial charge in [-0.25, -0.2) is 0 Å². The van der Waals surface area contributed by atoms with Gasteiger partial charge in [-0.3, -0.25) is 14.3 Å². The maximum absolute atomic E-state index is 12.7. The molecule has 1 aromatic heterocycles. The number of nitrogens with one attached hydrogen (secondary N) is 2. The average Bonchev–Trinajstić information content (AvgIpc) is 3.33. The number of hydrogen-bond acceptors (Lipinski definition) is 5. The summed E-state index contributed by atoms with van der Waals surface area (Å²) < 4.78 is 7.29. The third-order valence-electron chi connectivity index (χ3n) is 4.93. The monoisotopic (exact) mass is 385 g/mol. The van der Waals surface area contributed by atoms with Crippen LogP contribution in [0, 0.1) is 5.92 Å². The predicted octanol–water partition coefficient (Wildman–Crippen LogP) is 0.507. The van der Waals surface area contributed by atoms with Crippen LogP contribution in [-0.4, -0.2) is 60.3 Å². The van der Waals surface area contributed by atoms with E-state index in [2.05, 4.69) is 15.7 Å². The predicted molar refractivity (Wildman–Crippen MR) is 105 cm³/mol. The highest BCUT2D eigenvalue weighted by Gasteiger charge is 2.34. The van der Waals surface area contributed by atoms with Gasteiger partial charge in [0.05, 0.1) is 12.1 Å². The van der Waals surface area contributed by atoms with Crippen LogP contribution in [0.25, 0.3) is 0 Å². The number of amides is 2. The number of aryl methyl sites for hydroxylation is 1. The zero-order chi connectivity index (χ0) is 20.1. The zero-order valence-electron chi connectivity index (χ0n) is 16.5. The normalized spacial score (nSPS) is 18.7. The molecule has 8 nitrogen and oxygen atoms in total. The number of hydrogen-bond donors (Lipinski definition) is 2. The molecular weight excluding hydrogens is 358 g/mol. The van der Waals surface area contributed by atoms with E-state index in [4.69, 9.17) is 4.74 Å². The van der Waals surface area contributed by atoms with Crippen molar-refractivity contribution in [1.29, 1.82) is 0 Å². The van der Waals surface area contributed by atoms with Crippen molar-refractivity contribution in [3.05, 3.63) is 47.8 Å². The minimum absolute atomic E-state index is 0.0106. The fourth-order valence-electron chi connectivity index (χ4n) is 3.28. The SMILES string of the molecule is CN(C)C(=O)COc1cccc(CNC(=O)[C@H]2CNC[C@@H]2c2cnn(C)c2)c1. The minimum Gasteiger partial charge on any atom is -0.484 e. The maximum atomic E-state index is 12.7. The summed E-state index contributed by atoms with van der Waals surface area (Å²) in [6.07, 6.45) is 3.79. The number of ether oxygens (including phenoxy) is 1. The third kappa shape index (κ3) is 4.89. The molecule has 1 fully saturated rings. The van der Waals surface area contributed by atoms with Crippen molar-refractivity contribution in [3.63, 3.8) is 0 Å². The summed E-state index contributed by atoms with van der Waals surface area (Å²) in [6.45, 7) is 1.82. The van der Waals surface area contributed by atoms with Crippen LogP contribution >= 0.6 is 0 Å². The molecule has 0 spiro atoms. The van der Waals surface area contributed by atoms with Crippen LogP contribution in [0.5, 0.6) is 5.75 Å². The van der Waals surface area contributed by atoms with Gasteiger partial charge in [0.25, 0.3) is 5.91 Å². The molecule has 1 aliphatic heterocycles. The molecule has 1 saturated heterocycles. The van der Waals surface area contributed by atoms with E-state index in [1.54, 1.807) is 24.8 Å². The van der Waals surface area contributed by atoms with Crippen molar-refractivity contribution in [2.45, 2.75) is 12.5 Å². The lowest BCUT2D eigenvalue weighted by Crippen LogP contribution is -2.34. The summed E-state index contributed by atoms with van der Waals surface area (Å²) in [5.41, 5.74) is 2.00. The molecule has 2 heterocycles. The second-order valence-electron chi connectivity index (χ2n) is 7.26. The lowest BCUT2D eigenvalue weighted by Gasteiger charge is -2.17. The van der Waals surface area contributed by atoms with Crippen LogP contribution in [0.3, 0.4) is 0 Å². The van der Waals surface area contributed by atoms with Crippen molar-refractivity contribution in [2.75, 3.05) is 33.8 Å². The van der Waals surface area contributed by atoms with Crippen molar-refractivity contribution >= 4 is 11.8 Å². The molecule has 0 unspecified atom stereocenters. The van der Waals surface area contributed by atoms with Crippen molar-refractivity contribution < 1.29 is 14.3 Å². The van der Waals surface area contributed by atoms with Crippen LogP contribution in [0.2, 0.25) is 0 Å². The number of rotatable bonds is 7. The van der Waals surface area contributed by atoms with E-state index in [1.807, 2.05) is 37.6 Å². The lowest BCUT2D eigenvalue weighted by molar-refractivity contribution is -0.130. The van der Waals surface area contributed by atoms with Crippen molar-refractivity contribution in [1.82, 2.24) is 25.3 Å². The summed E-state index contributed by atoms with van der Waals surface area (Å²) in [6, 6.07) is 7.42. The average molecular weight is 385 g/mol. The fraction of sp³-hybridized carbons (Fsp3) is 0.450. The molecule has 2 amide bonds. The van der Waals surface area contributed by atoms with Crippen LogP contribution < -0.4 is 15.4 Å². The first-order chi connectivity index (χ1) is 13.4. The van der Waals surface area contributed by atoms with Gasteiger partial charge in [0.15, 0.2) is 6.61 Å². The Labute approximate surface area is 164 Å². The molecule has 1 aliphatic rings. The molecule has 0 saturated carbocycles. The minimum atomic E-state index is -0.124. The van der Waals surface area contributed by atoms with Gasteiger partial charge in [-0.2, -0.15) is 5.10 Å². The summed E-state index contributed by atoms with van der Waals surface area (Å²) in [5, 5.41) is 10.5.